The maximum absolute atomic E-state index is 12.5. The van der Waals surface area contributed by atoms with Crippen molar-refractivity contribution in [3.63, 3.8) is 0 Å². The maximum atomic E-state index is 12.5. The van der Waals surface area contributed by atoms with Gasteiger partial charge < -0.3 is 9.64 Å². The van der Waals surface area contributed by atoms with Gasteiger partial charge in [0.2, 0.25) is 5.91 Å². The lowest BCUT2D eigenvalue weighted by Gasteiger charge is -2.32. The van der Waals surface area contributed by atoms with Crippen LogP contribution in [0, 0.1) is 0 Å². The number of likely N-dealkylation sites (tertiary alicyclic amines) is 2. The predicted molar refractivity (Wildman–Crippen MR) is 136 cm³/mol. The minimum absolute atomic E-state index is 0.0771. The number of carbonyl (C=O) groups is 2. The molecule has 0 aromatic rings. The summed E-state index contributed by atoms with van der Waals surface area (Å²) in [6.07, 6.45) is 22.7. The number of amides is 1. The number of hydrogen-bond donors (Lipinski definition) is 0. The van der Waals surface area contributed by atoms with Gasteiger partial charge in [-0.2, -0.15) is 0 Å². The molecule has 0 aromatic heterocycles. The highest BCUT2D eigenvalue weighted by molar-refractivity contribution is 5.78. The van der Waals surface area contributed by atoms with Gasteiger partial charge in [-0.3, -0.25) is 14.5 Å². The molecular weight excluding hydrogens is 412 g/mol. The predicted octanol–water partition coefficient (Wildman–Crippen LogP) is 6.49. The molecule has 0 bridgehead atoms. The summed E-state index contributed by atoms with van der Waals surface area (Å²) in [5, 5.41) is 0. The minimum Gasteiger partial charge on any atom is -0.459 e. The fourth-order valence-electron chi connectivity index (χ4n) is 5.24. The lowest BCUT2D eigenvalue weighted by atomic mass is 10.0. The summed E-state index contributed by atoms with van der Waals surface area (Å²) in [5.41, 5.74) is 0. The lowest BCUT2D eigenvalue weighted by Crippen LogP contribution is -2.44. The Labute approximate surface area is 204 Å². The monoisotopic (exact) mass is 464 g/mol. The number of piperidine rings is 1. The van der Waals surface area contributed by atoms with E-state index in [0.717, 1.165) is 45.4 Å². The normalized spacial score (nSPS) is 18.1. The molecule has 2 saturated heterocycles. The molecule has 2 aliphatic rings. The third kappa shape index (κ3) is 13.4. The van der Waals surface area contributed by atoms with Crippen LogP contribution < -0.4 is 0 Å². The molecule has 1 atom stereocenters. The highest BCUT2D eigenvalue weighted by atomic mass is 16.5. The van der Waals surface area contributed by atoms with E-state index in [9.17, 15) is 9.59 Å². The van der Waals surface area contributed by atoms with Gasteiger partial charge >= 0.3 is 5.97 Å². The van der Waals surface area contributed by atoms with Gasteiger partial charge in [0.25, 0.3) is 0 Å². The van der Waals surface area contributed by atoms with Crippen molar-refractivity contribution in [3.05, 3.63) is 0 Å². The molecule has 2 rings (SSSR count). The van der Waals surface area contributed by atoms with Crippen molar-refractivity contribution in [2.45, 2.75) is 135 Å². The molecule has 0 unspecified atom stereocenters. The molecule has 0 spiro atoms. The number of hydrogen-bond acceptors (Lipinski definition) is 4. The van der Waals surface area contributed by atoms with Gasteiger partial charge in [-0.1, -0.05) is 90.4 Å². The molecule has 0 saturated carbocycles. The van der Waals surface area contributed by atoms with E-state index >= 15 is 0 Å². The zero-order chi connectivity index (χ0) is 23.6. The van der Waals surface area contributed by atoms with E-state index in [-0.39, 0.29) is 18.0 Å². The van der Waals surface area contributed by atoms with Crippen molar-refractivity contribution in [1.82, 2.24) is 9.80 Å². The van der Waals surface area contributed by atoms with Crippen LogP contribution in [0.1, 0.15) is 129 Å². The number of ether oxygens (including phenoxy) is 1. The molecule has 5 nitrogen and oxygen atoms in total. The Morgan fingerprint density at radius 3 is 1.88 bits per heavy atom. The van der Waals surface area contributed by atoms with Crippen LogP contribution in [0.3, 0.4) is 0 Å². The van der Waals surface area contributed by atoms with Gasteiger partial charge in [-0.15, -0.1) is 0 Å². The summed E-state index contributed by atoms with van der Waals surface area (Å²) in [6.45, 7) is 6.59. The first-order valence-corrected chi connectivity index (χ1v) is 14.4. The van der Waals surface area contributed by atoms with Crippen LogP contribution in [0.15, 0.2) is 0 Å². The standard InChI is InChI=1S/C28H52N2O3/c1-2-3-4-5-6-7-8-9-10-11-12-13-15-20-28(32)33-26(24-29-21-16-14-17-22-29)25-30-23-18-19-27(30)31/h26H,2-25H2,1H3/t26-/m1/s1. The Morgan fingerprint density at radius 2 is 1.33 bits per heavy atom. The summed E-state index contributed by atoms with van der Waals surface area (Å²) >= 11 is 0. The van der Waals surface area contributed by atoms with Gasteiger partial charge in [0, 0.05) is 25.9 Å². The summed E-state index contributed by atoms with van der Waals surface area (Å²) in [7, 11) is 0. The first kappa shape index (κ1) is 28.1. The number of nitrogens with zero attached hydrogens (tertiary/aromatic N) is 2. The molecule has 0 aromatic carbocycles. The molecular formula is C28H52N2O3. The highest BCUT2D eigenvalue weighted by Crippen LogP contribution is 2.16. The van der Waals surface area contributed by atoms with Gasteiger partial charge in [0.15, 0.2) is 0 Å². The van der Waals surface area contributed by atoms with Crippen molar-refractivity contribution >= 4 is 11.9 Å². The molecule has 1 amide bonds. The summed E-state index contributed by atoms with van der Waals surface area (Å²) in [6, 6.07) is 0. The Kier molecular flexibility index (Phi) is 15.6. The van der Waals surface area contributed by atoms with Crippen molar-refractivity contribution in [1.29, 1.82) is 0 Å². The fourth-order valence-corrected chi connectivity index (χ4v) is 5.24. The Bertz CT molecular complexity index is 519. The number of carbonyl (C=O) groups excluding carboxylic acids is 2. The first-order chi connectivity index (χ1) is 16.2. The number of unbranched alkanes of at least 4 members (excludes halogenated alkanes) is 12. The second-order valence-corrected chi connectivity index (χ2v) is 10.4. The van der Waals surface area contributed by atoms with Crippen LogP contribution in [-0.4, -0.2) is 60.5 Å². The summed E-state index contributed by atoms with van der Waals surface area (Å²) < 4.78 is 5.90. The molecule has 2 fully saturated rings. The van der Waals surface area contributed by atoms with E-state index in [0.29, 0.717) is 19.4 Å². The van der Waals surface area contributed by atoms with E-state index in [1.165, 1.54) is 89.9 Å². The Hall–Kier alpha value is -1.10. The molecule has 0 radical (unpaired) electrons. The third-order valence-electron chi connectivity index (χ3n) is 7.29. The highest BCUT2D eigenvalue weighted by Gasteiger charge is 2.27. The Morgan fingerprint density at radius 1 is 0.758 bits per heavy atom. The number of rotatable bonds is 19. The van der Waals surface area contributed by atoms with Crippen LogP contribution in [-0.2, 0) is 14.3 Å². The van der Waals surface area contributed by atoms with Gasteiger partial charge in [-0.05, 0) is 38.8 Å². The zero-order valence-electron chi connectivity index (χ0n) is 21.7. The van der Waals surface area contributed by atoms with E-state index in [1.54, 1.807) is 0 Å². The largest absolute Gasteiger partial charge is 0.459 e. The fraction of sp³-hybridized carbons (Fsp3) is 0.929. The second-order valence-electron chi connectivity index (χ2n) is 10.4. The van der Waals surface area contributed by atoms with Crippen LogP contribution in [0.5, 0.6) is 0 Å². The van der Waals surface area contributed by atoms with Gasteiger partial charge in [-0.25, -0.2) is 0 Å². The molecule has 0 N–H and O–H groups in total. The Balaban J connectivity index is 1.52. The zero-order valence-corrected chi connectivity index (χ0v) is 21.7. The van der Waals surface area contributed by atoms with Crippen molar-refractivity contribution in [2.24, 2.45) is 0 Å². The molecule has 0 aliphatic carbocycles. The van der Waals surface area contributed by atoms with Crippen molar-refractivity contribution in [3.8, 4) is 0 Å². The number of esters is 1. The average molecular weight is 465 g/mol. The molecule has 33 heavy (non-hydrogen) atoms. The minimum atomic E-state index is -0.181. The molecule has 2 aliphatic heterocycles. The van der Waals surface area contributed by atoms with Crippen LogP contribution >= 0.6 is 0 Å². The quantitative estimate of drug-likeness (QED) is 0.162. The summed E-state index contributed by atoms with van der Waals surface area (Å²) in [4.78, 5) is 28.9. The first-order valence-electron chi connectivity index (χ1n) is 14.4. The van der Waals surface area contributed by atoms with Crippen molar-refractivity contribution in [2.75, 3.05) is 32.7 Å². The SMILES string of the molecule is CCCCCCCCCCCCCCCC(=O)O[C@H](CN1CCCCC1)CN1CCCC1=O. The molecule has 192 valence electrons. The third-order valence-corrected chi connectivity index (χ3v) is 7.29. The van der Waals surface area contributed by atoms with E-state index in [4.69, 9.17) is 4.74 Å². The smallest absolute Gasteiger partial charge is 0.306 e. The maximum Gasteiger partial charge on any atom is 0.306 e. The van der Waals surface area contributed by atoms with Crippen LogP contribution in [0.4, 0.5) is 0 Å². The van der Waals surface area contributed by atoms with Gasteiger partial charge in [0.1, 0.15) is 6.10 Å². The van der Waals surface area contributed by atoms with Crippen LogP contribution in [0.25, 0.3) is 0 Å². The average Bonchev–Trinajstić information content (AvgIpc) is 3.21. The van der Waals surface area contributed by atoms with E-state index < -0.39 is 0 Å². The van der Waals surface area contributed by atoms with Crippen molar-refractivity contribution < 1.29 is 14.3 Å². The molecule has 2 heterocycles. The lowest BCUT2D eigenvalue weighted by molar-refractivity contribution is -0.152. The van der Waals surface area contributed by atoms with E-state index in [1.807, 2.05) is 4.90 Å². The van der Waals surface area contributed by atoms with E-state index in [2.05, 4.69) is 11.8 Å². The van der Waals surface area contributed by atoms with Gasteiger partial charge in [0.05, 0.1) is 6.54 Å². The summed E-state index contributed by atoms with van der Waals surface area (Å²) in [5.74, 6) is 0.137. The second kappa shape index (κ2) is 18.3. The molecule has 5 heteroatoms. The topological polar surface area (TPSA) is 49.9 Å². The van der Waals surface area contributed by atoms with Crippen LogP contribution in [0.2, 0.25) is 0 Å².